The van der Waals surface area contributed by atoms with Crippen molar-refractivity contribution < 1.29 is 19.2 Å². The third-order valence-electron chi connectivity index (χ3n) is 3.86. The Morgan fingerprint density at radius 2 is 2.16 bits per heavy atom. The van der Waals surface area contributed by atoms with Crippen LogP contribution in [0.4, 0.5) is 0 Å². The summed E-state index contributed by atoms with van der Waals surface area (Å²) in [5.41, 5.74) is 1.12. The zero-order chi connectivity index (χ0) is 18.4. The van der Waals surface area contributed by atoms with E-state index >= 15 is 0 Å². The third-order valence-corrected chi connectivity index (χ3v) is 4.97. The molecule has 0 aromatic rings. The SMILES string of the molecule is CC(=O)NC(CSC1=CC(=O)NC1=O)C(=O)NCC1=CC=CCC1C. The van der Waals surface area contributed by atoms with Crippen LogP contribution in [0.2, 0.25) is 0 Å². The van der Waals surface area contributed by atoms with Gasteiger partial charge in [0, 0.05) is 25.3 Å². The maximum absolute atomic E-state index is 12.4. The molecule has 2 unspecified atom stereocenters. The van der Waals surface area contributed by atoms with Gasteiger partial charge < -0.3 is 10.6 Å². The van der Waals surface area contributed by atoms with E-state index in [-0.39, 0.29) is 22.5 Å². The van der Waals surface area contributed by atoms with Crippen LogP contribution in [0.15, 0.2) is 34.8 Å². The van der Waals surface area contributed by atoms with Gasteiger partial charge in [-0.25, -0.2) is 0 Å². The molecule has 4 amide bonds. The van der Waals surface area contributed by atoms with Crippen molar-refractivity contribution in [3.8, 4) is 0 Å². The molecule has 1 heterocycles. The summed E-state index contributed by atoms with van der Waals surface area (Å²) in [7, 11) is 0. The minimum Gasteiger partial charge on any atom is -0.351 e. The van der Waals surface area contributed by atoms with E-state index in [4.69, 9.17) is 0 Å². The smallest absolute Gasteiger partial charge is 0.264 e. The summed E-state index contributed by atoms with van der Waals surface area (Å²) < 4.78 is 0. The molecular formula is C17H21N3O4S. The van der Waals surface area contributed by atoms with Crippen molar-refractivity contribution in [2.24, 2.45) is 5.92 Å². The lowest BCUT2D eigenvalue weighted by Gasteiger charge is -2.21. The predicted octanol–water partition coefficient (Wildman–Crippen LogP) is 0.403. The number of hydrogen-bond donors (Lipinski definition) is 3. The largest absolute Gasteiger partial charge is 0.351 e. The van der Waals surface area contributed by atoms with Crippen molar-refractivity contribution in [2.45, 2.75) is 26.3 Å². The normalized spacial score (nSPS) is 20.5. The van der Waals surface area contributed by atoms with Gasteiger partial charge in [-0.1, -0.05) is 25.2 Å². The van der Waals surface area contributed by atoms with Crippen molar-refractivity contribution in [2.75, 3.05) is 12.3 Å². The van der Waals surface area contributed by atoms with Crippen LogP contribution in [0.3, 0.4) is 0 Å². The highest BCUT2D eigenvalue weighted by molar-refractivity contribution is 8.04. The second-order valence-corrected chi connectivity index (χ2v) is 6.98. The topological polar surface area (TPSA) is 104 Å². The van der Waals surface area contributed by atoms with E-state index in [1.165, 1.54) is 13.0 Å². The fourth-order valence-corrected chi connectivity index (χ4v) is 3.39. The van der Waals surface area contributed by atoms with Crippen LogP contribution < -0.4 is 16.0 Å². The third kappa shape index (κ3) is 5.60. The van der Waals surface area contributed by atoms with Crippen molar-refractivity contribution in [1.29, 1.82) is 0 Å². The summed E-state index contributed by atoms with van der Waals surface area (Å²) in [5, 5.41) is 7.55. The van der Waals surface area contributed by atoms with Crippen LogP contribution >= 0.6 is 11.8 Å². The Kier molecular flexibility index (Phi) is 6.58. The minimum atomic E-state index is -0.790. The number of rotatable bonds is 7. The monoisotopic (exact) mass is 363 g/mol. The Bertz CT molecular complexity index is 681. The van der Waals surface area contributed by atoms with E-state index < -0.39 is 17.9 Å². The summed E-state index contributed by atoms with van der Waals surface area (Å²) in [5.74, 6) is -1.10. The molecule has 0 aromatic carbocycles. The molecule has 1 aliphatic carbocycles. The minimum absolute atomic E-state index is 0.159. The Hall–Kier alpha value is -2.35. The number of nitrogens with one attached hydrogen (secondary N) is 3. The molecule has 2 rings (SSSR count). The molecule has 25 heavy (non-hydrogen) atoms. The number of imide groups is 1. The first-order valence-corrected chi connectivity index (χ1v) is 8.95. The molecule has 134 valence electrons. The maximum Gasteiger partial charge on any atom is 0.264 e. The maximum atomic E-state index is 12.4. The molecular weight excluding hydrogens is 342 g/mol. The molecule has 3 N–H and O–H groups in total. The molecule has 2 aliphatic rings. The molecule has 7 nitrogen and oxygen atoms in total. The molecule has 8 heteroatoms. The van der Waals surface area contributed by atoms with Crippen LogP contribution in [0.1, 0.15) is 20.3 Å². The van der Waals surface area contributed by atoms with E-state index in [0.717, 1.165) is 23.8 Å². The fourth-order valence-electron chi connectivity index (χ4n) is 2.44. The second-order valence-electron chi connectivity index (χ2n) is 5.92. The molecule has 0 aromatic heterocycles. The lowest BCUT2D eigenvalue weighted by Crippen LogP contribution is -2.48. The lowest BCUT2D eigenvalue weighted by atomic mass is 9.93. The average molecular weight is 363 g/mol. The second kappa shape index (κ2) is 8.66. The summed E-state index contributed by atoms with van der Waals surface area (Å²) >= 11 is 1.06. The number of thioether (sulfide) groups is 1. The van der Waals surface area contributed by atoms with Crippen LogP contribution in [-0.4, -0.2) is 42.0 Å². The van der Waals surface area contributed by atoms with Gasteiger partial charge in [0.05, 0.1) is 4.91 Å². The van der Waals surface area contributed by atoms with E-state index in [2.05, 4.69) is 29.0 Å². The van der Waals surface area contributed by atoms with Crippen molar-refractivity contribution in [3.63, 3.8) is 0 Å². The van der Waals surface area contributed by atoms with Gasteiger partial charge in [-0.15, -0.1) is 11.8 Å². The number of amides is 4. The first-order chi connectivity index (χ1) is 11.9. The number of carbonyl (C=O) groups excluding carboxylic acids is 4. The summed E-state index contributed by atoms with van der Waals surface area (Å²) in [6.45, 7) is 3.82. The zero-order valence-corrected chi connectivity index (χ0v) is 14.9. The van der Waals surface area contributed by atoms with Gasteiger partial charge in [0.25, 0.3) is 11.8 Å². The van der Waals surface area contributed by atoms with Gasteiger partial charge in [0.2, 0.25) is 11.8 Å². The Balaban J connectivity index is 1.92. The number of carbonyl (C=O) groups is 4. The summed E-state index contributed by atoms with van der Waals surface area (Å²) in [6.07, 6.45) is 8.15. The molecule has 0 spiro atoms. The van der Waals surface area contributed by atoms with Crippen LogP contribution in [0.5, 0.6) is 0 Å². The van der Waals surface area contributed by atoms with Crippen molar-refractivity contribution in [3.05, 3.63) is 34.8 Å². The van der Waals surface area contributed by atoms with E-state index in [1.807, 2.05) is 12.2 Å². The summed E-state index contributed by atoms with van der Waals surface area (Å²) in [4.78, 5) is 46.7. The van der Waals surface area contributed by atoms with E-state index in [9.17, 15) is 19.2 Å². The Morgan fingerprint density at radius 3 is 2.76 bits per heavy atom. The van der Waals surface area contributed by atoms with Gasteiger partial charge in [-0.2, -0.15) is 0 Å². The molecule has 0 radical (unpaired) electrons. The van der Waals surface area contributed by atoms with Gasteiger partial charge in [-0.05, 0) is 17.9 Å². The van der Waals surface area contributed by atoms with Crippen molar-refractivity contribution in [1.82, 2.24) is 16.0 Å². The van der Waals surface area contributed by atoms with Gasteiger partial charge in [-0.3, -0.25) is 24.5 Å². The molecule has 1 aliphatic heterocycles. The standard InChI is InChI=1S/C17H21N3O4S/c1-10-5-3-4-6-12(10)8-18-16(23)13(19-11(2)21)9-25-14-7-15(22)20-17(14)24/h3-4,6-7,10,13H,5,8-9H2,1-2H3,(H,18,23)(H,19,21)(H,20,22,24). The Labute approximate surface area is 150 Å². The highest BCUT2D eigenvalue weighted by atomic mass is 32.2. The van der Waals surface area contributed by atoms with Crippen LogP contribution in [0.25, 0.3) is 0 Å². The predicted molar refractivity (Wildman–Crippen MR) is 95.3 cm³/mol. The zero-order valence-electron chi connectivity index (χ0n) is 14.1. The van der Waals surface area contributed by atoms with Crippen LogP contribution in [-0.2, 0) is 19.2 Å². The highest BCUT2D eigenvalue weighted by Crippen LogP contribution is 2.21. The van der Waals surface area contributed by atoms with E-state index in [0.29, 0.717) is 12.5 Å². The molecule has 0 saturated heterocycles. The lowest BCUT2D eigenvalue weighted by molar-refractivity contribution is -0.127. The summed E-state index contributed by atoms with van der Waals surface area (Å²) in [6, 6.07) is -0.790. The Morgan fingerprint density at radius 1 is 1.40 bits per heavy atom. The first kappa shape index (κ1) is 19.0. The van der Waals surface area contributed by atoms with Gasteiger partial charge in [0.15, 0.2) is 0 Å². The molecule has 0 saturated carbocycles. The number of allylic oxidation sites excluding steroid dienone is 3. The highest BCUT2D eigenvalue weighted by Gasteiger charge is 2.25. The fraction of sp³-hybridized carbons (Fsp3) is 0.412. The first-order valence-electron chi connectivity index (χ1n) is 7.97. The van der Waals surface area contributed by atoms with Gasteiger partial charge >= 0.3 is 0 Å². The average Bonchev–Trinajstić information content (AvgIpc) is 2.87. The van der Waals surface area contributed by atoms with Gasteiger partial charge in [0.1, 0.15) is 6.04 Å². The van der Waals surface area contributed by atoms with Crippen molar-refractivity contribution >= 4 is 35.4 Å². The quantitative estimate of drug-likeness (QED) is 0.568. The molecule has 2 atom stereocenters. The van der Waals surface area contributed by atoms with E-state index in [1.54, 1.807) is 0 Å². The number of hydrogen-bond acceptors (Lipinski definition) is 5. The van der Waals surface area contributed by atoms with Crippen LogP contribution in [0, 0.1) is 5.92 Å². The molecule has 0 fully saturated rings. The molecule has 0 bridgehead atoms.